The predicted octanol–water partition coefficient (Wildman–Crippen LogP) is 1.68. The largest absolute Gasteiger partial charge is 0.384 e. The van der Waals surface area contributed by atoms with E-state index < -0.39 is 0 Å². The third-order valence-electron chi connectivity index (χ3n) is 3.31. The number of nitrogens with one attached hydrogen (secondary N) is 1. The maximum atomic E-state index is 11.7. The van der Waals surface area contributed by atoms with Gasteiger partial charge < -0.3 is 10.2 Å². The van der Waals surface area contributed by atoms with Crippen molar-refractivity contribution >= 4 is 17.2 Å². The average Bonchev–Trinajstić information content (AvgIpc) is 2.59. The second-order valence-corrected chi connectivity index (χ2v) is 4.30. The number of hydrogen-bond acceptors (Lipinski definition) is 3. The van der Waals surface area contributed by atoms with Gasteiger partial charge in [0.25, 0.3) is 0 Å². The van der Waals surface area contributed by atoms with Crippen LogP contribution in [0.15, 0.2) is 12.1 Å². The Morgan fingerprint density at radius 3 is 3.07 bits per heavy atom. The van der Waals surface area contributed by atoms with Crippen LogP contribution in [-0.2, 0) is 6.42 Å². The van der Waals surface area contributed by atoms with Crippen molar-refractivity contribution in [1.82, 2.24) is 0 Å². The van der Waals surface area contributed by atoms with Gasteiger partial charge in [0, 0.05) is 43.5 Å². The molecule has 15 heavy (non-hydrogen) atoms. The van der Waals surface area contributed by atoms with Crippen molar-refractivity contribution in [2.45, 2.75) is 12.8 Å². The second-order valence-electron chi connectivity index (χ2n) is 4.30. The molecule has 0 aliphatic carbocycles. The lowest BCUT2D eigenvalue weighted by Crippen LogP contribution is -2.19. The van der Waals surface area contributed by atoms with Gasteiger partial charge in [-0.3, -0.25) is 4.79 Å². The number of likely N-dealkylation sites (N-methyl/N-ethyl adjacent to an activating group) is 1. The van der Waals surface area contributed by atoms with Gasteiger partial charge in [-0.1, -0.05) is 0 Å². The Kier molecular flexibility index (Phi) is 1.75. The number of rotatable bonds is 0. The van der Waals surface area contributed by atoms with Crippen molar-refractivity contribution in [2.24, 2.45) is 0 Å². The first kappa shape index (κ1) is 8.77. The van der Waals surface area contributed by atoms with E-state index in [0.717, 1.165) is 30.8 Å². The molecule has 78 valence electrons. The second kappa shape index (κ2) is 2.99. The monoisotopic (exact) mass is 202 g/mol. The highest BCUT2D eigenvalue weighted by Gasteiger charge is 2.23. The summed E-state index contributed by atoms with van der Waals surface area (Å²) in [6.07, 6.45) is 1.71. The number of ketones is 1. The number of carbonyl (C=O) groups is 1. The van der Waals surface area contributed by atoms with E-state index in [-0.39, 0.29) is 5.78 Å². The highest BCUT2D eigenvalue weighted by Crippen LogP contribution is 2.34. The fourth-order valence-corrected chi connectivity index (χ4v) is 2.42. The minimum atomic E-state index is 0.270. The number of hydrogen-bond donors (Lipinski definition) is 1. The van der Waals surface area contributed by atoms with E-state index in [2.05, 4.69) is 23.3 Å². The van der Waals surface area contributed by atoms with Crippen LogP contribution >= 0.6 is 0 Å². The van der Waals surface area contributed by atoms with Crippen LogP contribution in [0, 0.1) is 0 Å². The van der Waals surface area contributed by atoms with E-state index in [9.17, 15) is 4.79 Å². The number of Topliss-reactive ketones (excluding diaryl/α,β-unsaturated/α-hetero) is 1. The van der Waals surface area contributed by atoms with Crippen molar-refractivity contribution in [3.63, 3.8) is 0 Å². The molecule has 2 aliphatic rings. The van der Waals surface area contributed by atoms with Gasteiger partial charge in [0.2, 0.25) is 0 Å². The lowest BCUT2D eigenvalue weighted by atomic mass is 9.98. The van der Waals surface area contributed by atoms with Crippen molar-refractivity contribution in [1.29, 1.82) is 0 Å². The summed E-state index contributed by atoms with van der Waals surface area (Å²) in [6, 6.07) is 4.19. The summed E-state index contributed by atoms with van der Waals surface area (Å²) < 4.78 is 0. The molecule has 2 aliphatic heterocycles. The molecule has 0 unspecified atom stereocenters. The van der Waals surface area contributed by atoms with Crippen molar-refractivity contribution in [2.75, 3.05) is 30.4 Å². The molecule has 3 heteroatoms. The molecule has 1 aromatic carbocycles. The van der Waals surface area contributed by atoms with Crippen molar-refractivity contribution in [3.8, 4) is 0 Å². The third-order valence-corrected chi connectivity index (χ3v) is 3.31. The zero-order valence-electron chi connectivity index (χ0n) is 8.84. The third kappa shape index (κ3) is 1.23. The number of benzene rings is 1. The summed E-state index contributed by atoms with van der Waals surface area (Å²) in [7, 11) is 2.08. The van der Waals surface area contributed by atoms with E-state index in [0.29, 0.717) is 6.42 Å². The SMILES string of the molecule is CN1CCc2cc3c(cc21)C(=O)CCN3. The Balaban J connectivity index is 2.17. The molecule has 0 saturated heterocycles. The van der Waals surface area contributed by atoms with Gasteiger partial charge in [-0.15, -0.1) is 0 Å². The maximum Gasteiger partial charge on any atom is 0.166 e. The number of fused-ring (bicyclic) bond motifs is 2. The molecule has 0 fully saturated rings. The van der Waals surface area contributed by atoms with Gasteiger partial charge >= 0.3 is 0 Å². The minimum Gasteiger partial charge on any atom is -0.384 e. The van der Waals surface area contributed by atoms with Crippen molar-refractivity contribution < 1.29 is 4.79 Å². The van der Waals surface area contributed by atoms with Gasteiger partial charge in [0.05, 0.1) is 0 Å². The quantitative estimate of drug-likeness (QED) is 0.694. The fraction of sp³-hybridized carbons (Fsp3) is 0.417. The average molecular weight is 202 g/mol. The van der Waals surface area contributed by atoms with E-state index >= 15 is 0 Å². The standard InChI is InChI=1S/C12H14N2O/c1-14-5-3-8-6-10-9(7-11(8)14)12(15)2-4-13-10/h6-7,13H,2-5H2,1H3. The zero-order chi connectivity index (χ0) is 10.4. The summed E-state index contributed by atoms with van der Waals surface area (Å²) in [5, 5.41) is 3.30. The highest BCUT2D eigenvalue weighted by atomic mass is 16.1. The fourth-order valence-electron chi connectivity index (χ4n) is 2.42. The summed E-state index contributed by atoms with van der Waals surface area (Å²) >= 11 is 0. The van der Waals surface area contributed by atoms with E-state index in [1.54, 1.807) is 0 Å². The Morgan fingerprint density at radius 2 is 2.20 bits per heavy atom. The van der Waals surface area contributed by atoms with Gasteiger partial charge in [0.15, 0.2) is 5.78 Å². The van der Waals surface area contributed by atoms with Gasteiger partial charge in [-0.2, -0.15) is 0 Å². The van der Waals surface area contributed by atoms with E-state index in [1.165, 1.54) is 11.3 Å². The molecule has 0 spiro atoms. The molecule has 2 heterocycles. The highest BCUT2D eigenvalue weighted by molar-refractivity contribution is 6.04. The zero-order valence-corrected chi connectivity index (χ0v) is 8.84. The van der Waals surface area contributed by atoms with Crippen LogP contribution < -0.4 is 10.2 Å². The van der Waals surface area contributed by atoms with Crippen LogP contribution in [0.2, 0.25) is 0 Å². The predicted molar refractivity (Wildman–Crippen MR) is 60.9 cm³/mol. The first-order valence-electron chi connectivity index (χ1n) is 5.41. The van der Waals surface area contributed by atoms with Crippen LogP contribution in [0.3, 0.4) is 0 Å². The first-order valence-corrected chi connectivity index (χ1v) is 5.41. The normalized spacial score (nSPS) is 18.5. The molecule has 1 aromatic rings. The van der Waals surface area contributed by atoms with Gasteiger partial charge in [-0.05, 0) is 24.1 Å². The maximum absolute atomic E-state index is 11.7. The molecule has 0 amide bonds. The van der Waals surface area contributed by atoms with Crippen LogP contribution in [-0.4, -0.2) is 25.9 Å². The van der Waals surface area contributed by atoms with Crippen LogP contribution in [0.1, 0.15) is 22.3 Å². The molecule has 1 N–H and O–H groups in total. The molecule has 0 atom stereocenters. The molecule has 3 rings (SSSR count). The Bertz CT molecular complexity index is 439. The minimum absolute atomic E-state index is 0.270. The number of anilines is 2. The van der Waals surface area contributed by atoms with Crippen molar-refractivity contribution in [3.05, 3.63) is 23.3 Å². The summed E-state index contributed by atoms with van der Waals surface area (Å²) in [5.41, 5.74) is 4.48. The Labute approximate surface area is 89.1 Å². The van der Waals surface area contributed by atoms with Crippen LogP contribution in [0.4, 0.5) is 11.4 Å². The Morgan fingerprint density at radius 1 is 1.33 bits per heavy atom. The molecule has 0 radical (unpaired) electrons. The molecular formula is C12H14N2O. The van der Waals surface area contributed by atoms with E-state index in [1.807, 2.05) is 6.07 Å². The summed E-state index contributed by atoms with van der Waals surface area (Å²) in [5.74, 6) is 0.270. The summed E-state index contributed by atoms with van der Waals surface area (Å²) in [4.78, 5) is 14.0. The molecule has 0 saturated carbocycles. The topological polar surface area (TPSA) is 32.3 Å². The molecule has 0 bridgehead atoms. The smallest absolute Gasteiger partial charge is 0.166 e. The number of carbonyl (C=O) groups excluding carboxylic acids is 1. The van der Waals surface area contributed by atoms with Gasteiger partial charge in [0.1, 0.15) is 0 Å². The molecular weight excluding hydrogens is 188 g/mol. The van der Waals surface area contributed by atoms with Gasteiger partial charge in [-0.25, -0.2) is 0 Å². The molecule has 3 nitrogen and oxygen atoms in total. The van der Waals surface area contributed by atoms with Crippen LogP contribution in [0.5, 0.6) is 0 Å². The van der Waals surface area contributed by atoms with Crippen LogP contribution in [0.25, 0.3) is 0 Å². The number of nitrogens with zero attached hydrogens (tertiary/aromatic N) is 1. The molecule has 0 aromatic heterocycles. The summed E-state index contributed by atoms with van der Waals surface area (Å²) in [6.45, 7) is 1.84. The van der Waals surface area contributed by atoms with E-state index in [4.69, 9.17) is 0 Å². The lowest BCUT2D eigenvalue weighted by molar-refractivity contribution is 0.0984. The Hall–Kier alpha value is -1.51. The lowest BCUT2D eigenvalue weighted by Gasteiger charge is -2.20. The first-order chi connectivity index (χ1) is 7.25.